The average Bonchev–Trinajstić information content (AvgIpc) is 3.28. The van der Waals surface area contributed by atoms with Gasteiger partial charge in [-0.25, -0.2) is 9.18 Å². The van der Waals surface area contributed by atoms with Gasteiger partial charge in [-0.15, -0.1) is 0 Å². The van der Waals surface area contributed by atoms with Crippen molar-refractivity contribution < 1.29 is 14.0 Å². The molecule has 0 saturated heterocycles. The zero-order chi connectivity index (χ0) is 24.4. The second kappa shape index (κ2) is 9.71. The van der Waals surface area contributed by atoms with E-state index >= 15 is 0 Å². The highest BCUT2D eigenvalue weighted by atomic mass is 19.1. The molecule has 2 aromatic carbocycles. The van der Waals surface area contributed by atoms with Crippen LogP contribution in [0.15, 0.2) is 60.8 Å². The van der Waals surface area contributed by atoms with Gasteiger partial charge in [-0.3, -0.25) is 4.79 Å². The second-order valence-electron chi connectivity index (χ2n) is 9.09. The molecule has 3 aromatic rings. The van der Waals surface area contributed by atoms with Gasteiger partial charge in [-0.1, -0.05) is 30.3 Å². The molecule has 7 heteroatoms. The fraction of sp³-hybridized carbons (Fsp3) is 0.333. The Balaban J connectivity index is 1.58. The van der Waals surface area contributed by atoms with Gasteiger partial charge in [-0.05, 0) is 68.7 Å². The molecule has 1 aromatic heterocycles. The Labute approximate surface area is 200 Å². The van der Waals surface area contributed by atoms with E-state index in [-0.39, 0.29) is 36.4 Å². The van der Waals surface area contributed by atoms with Crippen LogP contribution in [0.3, 0.4) is 0 Å². The summed E-state index contributed by atoms with van der Waals surface area (Å²) in [4.78, 5) is 30.2. The van der Waals surface area contributed by atoms with E-state index in [1.54, 1.807) is 21.9 Å². The molecular weight excluding hydrogens is 431 g/mol. The van der Waals surface area contributed by atoms with Crippen molar-refractivity contribution in [3.8, 4) is 0 Å². The minimum absolute atomic E-state index is 0.0488. The number of rotatable bonds is 5. The first-order chi connectivity index (χ1) is 16.3. The third-order valence-electron chi connectivity index (χ3n) is 6.45. The lowest BCUT2D eigenvalue weighted by atomic mass is 9.99. The monoisotopic (exact) mass is 462 g/mol. The zero-order valence-corrected chi connectivity index (χ0v) is 20.1. The van der Waals surface area contributed by atoms with E-state index in [1.165, 1.54) is 12.1 Å². The van der Waals surface area contributed by atoms with Crippen LogP contribution >= 0.6 is 0 Å². The SMILES string of the molecule is Cc1cccc(C)c1NC(=O)N(CC(=O)N1CCn2cccc2C1c1ccc(F)cc1)C(C)C. The van der Waals surface area contributed by atoms with Gasteiger partial charge in [-0.2, -0.15) is 0 Å². The first kappa shape index (κ1) is 23.5. The molecule has 4 rings (SSSR count). The maximum Gasteiger partial charge on any atom is 0.322 e. The molecule has 3 amide bonds. The Kier molecular flexibility index (Phi) is 6.72. The number of nitrogens with zero attached hydrogens (tertiary/aromatic N) is 3. The zero-order valence-electron chi connectivity index (χ0n) is 20.1. The number of carbonyl (C=O) groups is 2. The van der Waals surface area contributed by atoms with Gasteiger partial charge in [0, 0.05) is 36.7 Å². The standard InChI is InChI=1S/C27H31FN4O2/c1-18(2)32(27(34)29-25-19(3)7-5-8-20(25)4)17-24(33)31-16-15-30-14-6-9-23(30)26(31)21-10-12-22(28)13-11-21/h5-14,18,26H,15-17H2,1-4H3,(H,29,34). The quantitative estimate of drug-likeness (QED) is 0.572. The van der Waals surface area contributed by atoms with Gasteiger partial charge in [0.25, 0.3) is 0 Å². The average molecular weight is 463 g/mol. The summed E-state index contributed by atoms with van der Waals surface area (Å²) in [5.41, 5.74) is 4.52. The second-order valence-corrected chi connectivity index (χ2v) is 9.09. The number of hydrogen-bond donors (Lipinski definition) is 1. The fourth-order valence-corrected chi connectivity index (χ4v) is 4.56. The Bertz CT molecular complexity index is 1170. The topological polar surface area (TPSA) is 57.6 Å². The van der Waals surface area contributed by atoms with Crippen molar-refractivity contribution in [1.82, 2.24) is 14.4 Å². The first-order valence-corrected chi connectivity index (χ1v) is 11.6. The van der Waals surface area contributed by atoms with Gasteiger partial charge in [0.05, 0.1) is 6.04 Å². The summed E-state index contributed by atoms with van der Waals surface area (Å²) in [6.45, 7) is 8.82. The molecule has 178 valence electrons. The van der Waals surface area contributed by atoms with E-state index in [1.807, 2.05) is 64.2 Å². The Morgan fingerprint density at radius 1 is 1.03 bits per heavy atom. The van der Waals surface area contributed by atoms with E-state index in [4.69, 9.17) is 0 Å². The van der Waals surface area contributed by atoms with Crippen LogP contribution in [0.25, 0.3) is 0 Å². The van der Waals surface area contributed by atoms with Crippen LogP contribution in [0.2, 0.25) is 0 Å². The Morgan fingerprint density at radius 2 is 1.71 bits per heavy atom. The number of aromatic nitrogens is 1. The van der Waals surface area contributed by atoms with Crippen molar-refractivity contribution in [3.63, 3.8) is 0 Å². The van der Waals surface area contributed by atoms with Crippen LogP contribution in [0, 0.1) is 19.7 Å². The molecule has 0 spiro atoms. The smallest absolute Gasteiger partial charge is 0.322 e. The van der Waals surface area contributed by atoms with Crippen LogP contribution in [-0.2, 0) is 11.3 Å². The van der Waals surface area contributed by atoms with Crippen LogP contribution in [0.1, 0.15) is 42.3 Å². The highest BCUT2D eigenvalue weighted by Gasteiger charge is 2.34. The van der Waals surface area contributed by atoms with Crippen LogP contribution in [0.5, 0.6) is 0 Å². The molecule has 1 atom stereocenters. The molecule has 0 bridgehead atoms. The number of amides is 3. The molecular formula is C27H31FN4O2. The molecule has 0 aliphatic carbocycles. The molecule has 1 N–H and O–H groups in total. The summed E-state index contributed by atoms with van der Waals surface area (Å²) in [6.07, 6.45) is 1.99. The third kappa shape index (κ3) is 4.69. The number of fused-ring (bicyclic) bond motifs is 1. The Hall–Kier alpha value is -3.61. The van der Waals surface area contributed by atoms with Gasteiger partial charge in [0.1, 0.15) is 12.4 Å². The molecule has 0 radical (unpaired) electrons. The molecule has 1 aliphatic rings. The summed E-state index contributed by atoms with van der Waals surface area (Å²) < 4.78 is 15.7. The lowest BCUT2D eigenvalue weighted by molar-refractivity contribution is -0.134. The minimum Gasteiger partial charge on any atom is -0.348 e. The van der Waals surface area contributed by atoms with E-state index in [0.29, 0.717) is 13.1 Å². The van der Waals surface area contributed by atoms with Crippen molar-refractivity contribution >= 4 is 17.6 Å². The van der Waals surface area contributed by atoms with E-state index in [9.17, 15) is 14.0 Å². The Morgan fingerprint density at radius 3 is 2.35 bits per heavy atom. The number of carbonyl (C=O) groups excluding carboxylic acids is 2. The van der Waals surface area contributed by atoms with Crippen molar-refractivity contribution in [2.24, 2.45) is 0 Å². The predicted molar refractivity (Wildman–Crippen MR) is 131 cm³/mol. The maximum atomic E-state index is 13.6. The number of aryl methyl sites for hydroxylation is 2. The summed E-state index contributed by atoms with van der Waals surface area (Å²) in [7, 11) is 0. The molecule has 1 unspecified atom stereocenters. The molecule has 0 fully saturated rings. The largest absolute Gasteiger partial charge is 0.348 e. The number of halogens is 1. The lowest BCUT2D eigenvalue weighted by Gasteiger charge is -2.39. The highest BCUT2D eigenvalue weighted by Crippen LogP contribution is 2.33. The summed E-state index contributed by atoms with van der Waals surface area (Å²) in [5.74, 6) is -0.464. The van der Waals surface area contributed by atoms with Gasteiger partial charge >= 0.3 is 6.03 Å². The summed E-state index contributed by atoms with van der Waals surface area (Å²) in [5, 5.41) is 3.00. The fourth-order valence-electron chi connectivity index (χ4n) is 4.56. The summed E-state index contributed by atoms with van der Waals surface area (Å²) in [6, 6.07) is 15.2. The molecule has 0 saturated carbocycles. The van der Waals surface area contributed by atoms with E-state index < -0.39 is 0 Å². The molecule has 1 aliphatic heterocycles. The van der Waals surface area contributed by atoms with Crippen molar-refractivity contribution in [1.29, 1.82) is 0 Å². The van der Waals surface area contributed by atoms with E-state index in [2.05, 4.69) is 9.88 Å². The van der Waals surface area contributed by atoms with E-state index in [0.717, 1.165) is 28.1 Å². The number of nitrogens with one attached hydrogen (secondary N) is 1. The van der Waals surface area contributed by atoms with Crippen molar-refractivity contribution in [2.45, 2.75) is 46.3 Å². The third-order valence-corrected chi connectivity index (χ3v) is 6.45. The number of para-hydroxylation sites is 1. The van der Waals surface area contributed by atoms with Crippen molar-refractivity contribution in [3.05, 3.63) is 89.0 Å². The first-order valence-electron chi connectivity index (χ1n) is 11.6. The normalized spacial score (nSPS) is 15.2. The van der Waals surface area contributed by atoms with Gasteiger partial charge in [0.2, 0.25) is 5.91 Å². The van der Waals surface area contributed by atoms with Crippen molar-refractivity contribution in [2.75, 3.05) is 18.4 Å². The molecule has 2 heterocycles. The molecule has 6 nitrogen and oxygen atoms in total. The van der Waals surface area contributed by atoms with Gasteiger partial charge in [0.15, 0.2) is 0 Å². The lowest BCUT2D eigenvalue weighted by Crippen LogP contribution is -2.50. The van der Waals surface area contributed by atoms with Crippen LogP contribution in [0.4, 0.5) is 14.9 Å². The maximum absolute atomic E-state index is 13.6. The highest BCUT2D eigenvalue weighted by molar-refractivity contribution is 5.94. The minimum atomic E-state index is -0.340. The van der Waals surface area contributed by atoms with Crippen LogP contribution < -0.4 is 5.32 Å². The van der Waals surface area contributed by atoms with Crippen LogP contribution in [-0.4, -0.2) is 45.4 Å². The number of hydrogen-bond acceptors (Lipinski definition) is 2. The number of urea groups is 1. The van der Waals surface area contributed by atoms with Gasteiger partial charge < -0.3 is 19.7 Å². The molecule has 34 heavy (non-hydrogen) atoms. The number of anilines is 1. The number of benzene rings is 2. The predicted octanol–water partition coefficient (Wildman–Crippen LogP) is 5.12. The summed E-state index contributed by atoms with van der Waals surface area (Å²) >= 11 is 0.